The van der Waals surface area contributed by atoms with E-state index in [1.807, 2.05) is 12.1 Å². The van der Waals surface area contributed by atoms with Crippen LogP contribution < -0.4 is 5.32 Å². The smallest absolute Gasteiger partial charge is 0.224 e. The van der Waals surface area contributed by atoms with Crippen molar-refractivity contribution >= 4 is 11.6 Å². The molecule has 1 aromatic rings. The maximum absolute atomic E-state index is 12.0. The molecule has 0 aliphatic heterocycles. The summed E-state index contributed by atoms with van der Waals surface area (Å²) in [6.07, 6.45) is 7.06. The number of carbonyl (C=O) groups is 1. The van der Waals surface area contributed by atoms with Crippen molar-refractivity contribution in [3.63, 3.8) is 0 Å². The first-order valence-electron chi connectivity index (χ1n) is 7.55. The zero-order valence-electron chi connectivity index (χ0n) is 12.1. The molecule has 1 aromatic carbocycles. The van der Waals surface area contributed by atoms with E-state index in [1.54, 1.807) is 0 Å². The van der Waals surface area contributed by atoms with Gasteiger partial charge < -0.3 is 5.32 Å². The van der Waals surface area contributed by atoms with Crippen LogP contribution in [0.3, 0.4) is 0 Å². The largest absolute Gasteiger partial charge is 0.326 e. The Labute approximate surface area is 116 Å². The van der Waals surface area contributed by atoms with Gasteiger partial charge in [0.25, 0.3) is 0 Å². The summed E-state index contributed by atoms with van der Waals surface area (Å²) in [5.74, 6) is 1.31. The van der Waals surface area contributed by atoms with Crippen LogP contribution in [0, 0.1) is 5.92 Å². The van der Waals surface area contributed by atoms with Crippen molar-refractivity contribution in [3.05, 3.63) is 29.8 Å². The van der Waals surface area contributed by atoms with Gasteiger partial charge in [-0.25, -0.2) is 0 Å². The van der Waals surface area contributed by atoms with E-state index in [9.17, 15) is 4.79 Å². The summed E-state index contributed by atoms with van der Waals surface area (Å²) in [7, 11) is 0. The highest BCUT2D eigenvalue weighted by molar-refractivity contribution is 5.90. The maximum atomic E-state index is 12.0. The first kappa shape index (κ1) is 14.1. The molecule has 19 heavy (non-hydrogen) atoms. The summed E-state index contributed by atoms with van der Waals surface area (Å²) in [5, 5.41) is 3.02. The van der Waals surface area contributed by atoms with Crippen LogP contribution in [0.2, 0.25) is 0 Å². The van der Waals surface area contributed by atoms with E-state index in [0.29, 0.717) is 18.3 Å². The van der Waals surface area contributed by atoms with Crippen LogP contribution >= 0.6 is 0 Å². The minimum atomic E-state index is 0.171. The second-order valence-corrected chi connectivity index (χ2v) is 6.03. The van der Waals surface area contributed by atoms with Crippen molar-refractivity contribution < 1.29 is 4.79 Å². The van der Waals surface area contributed by atoms with E-state index in [4.69, 9.17) is 0 Å². The minimum Gasteiger partial charge on any atom is -0.326 e. The fourth-order valence-electron chi connectivity index (χ4n) is 2.82. The van der Waals surface area contributed by atoms with Gasteiger partial charge in [0, 0.05) is 12.1 Å². The lowest BCUT2D eigenvalue weighted by Crippen LogP contribution is -2.18. The van der Waals surface area contributed by atoms with Gasteiger partial charge in [-0.2, -0.15) is 0 Å². The lowest BCUT2D eigenvalue weighted by Gasteiger charge is -2.20. The number of carbonyl (C=O) groups excluding carboxylic acids is 1. The first-order valence-corrected chi connectivity index (χ1v) is 7.55. The van der Waals surface area contributed by atoms with Gasteiger partial charge in [-0.15, -0.1) is 0 Å². The van der Waals surface area contributed by atoms with Crippen molar-refractivity contribution in [3.8, 4) is 0 Å². The Morgan fingerprint density at radius 1 is 1.16 bits per heavy atom. The topological polar surface area (TPSA) is 29.1 Å². The van der Waals surface area contributed by atoms with Gasteiger partial charge in [0.15, 0.2) is 0 Å². The van der Waals surface area contributed by atoms with Crippen molar-refractivity contribution in [2.45, 2.75) is 58.3 Å². The molecule has 0 atom stereocenters. The van der Waals surface area contributed by atoms with Crippen LogP contribution in [-0.4, -0.2) is 5.91 Å². The summed E-state index contributed by atoms with van der Waals surface area (Å²) < 4.78 is 0. The van der Waals surface area contributed by atoms with E-state index in [2.05, 4.69) is 31.3 Å². The molecule has 104 valence electrons. The predicted octanol–water partition coefficient (Wildman–Crippen LogP) is 4.72. The molecule has 1 aliphatic rings. The summed E-state index contributed by atoms with van der Waals surface area (Å²) in [4.78, 5) is 12.0. The molecule has 0 bridgehead atoms. The van der Waals surface area contributed by atoms with Gasteiger partial charge in [-0.05, 0) is 42.4 Å². The normalized spacial score (nSPS) is 16.6. The SMILES string of the molecule is CC(C)c1ccc(NC(=O)CC2CCCCC2)cc1. The second kappa shape index (κ2) is 6.74. The average molecular weight is 259 g/mol. The number of benzene rings is 1. The van der Waals surface area contributed by atoms with Crippen LogP contribution in [0.25, 0.3) is 0 Å². The Morgan fingerprint density at radius 2 is 1.79 bits per heavy atom. The molecular weight excluding hydrogens is 234 g/mol. The Hall–Kier alpha value is -1.31. The lowest BCUT2D eigenvalue weighted by molar-refractivity contribution is -0.117. The molecule has 1 amide bonds. The van der Waals surface area contributed by atoms with Gasteiger partial charge >= 0.3 is 0 Å². The molecule has 0 saturated heterocycles. The van der Waals surface area contributed by atoms with Crippen molar-refractivity contribution in [1.82, 2.24) is 0 Å². The van der Waals surface area contributed by atoms with Crippen LogP contribution in [0.15, 0.2) is 24.3 Å². The van der Waals surface area contributed by atoms with Gasteiger partial charge in [0.05, 0.1) is 0 Å². The van der Waals surface area contributed by atoms with E-state index in [1.165, 1.54) is 37.7 Å². The minimum absolute atomic E-state index is 0.171. The van der Waals surface area contributed by atoms with E-state index >= 15 is 0 Å². The number of anilines is 1. The number of rotatable bonds is 4. The molecule has 0 heterocycles. The maximum Gasteiger partial charge on any atom is 0.224 e. The Kier molecular flexibility index (Phi) is 5.00. The standard InChI is InChI=1S/C17H25NO/c1-13(2)15-8-10-16(11-9-15)18-17(19)12-14-6-4-3-5-7-14/h8-11,13-14H,3-7,12H2,1-2H3,(H,18,19). The highest BCUT2D eigenvalue weighted by atomic mass is 16.1. The van der Waals surface area contributed by atoms with E-state index in [0.717, 1.165) is 5.69 Å². The lowest BCUT2D eigenvalue weighted by atomic mass is 9.87. The van der Waals surface area contributed by atoms with Gasteiger partial charge in [0.2, 0.25) is 5.91 Å². The van der Waals surface area contributed by atoms with Crippen LogP contribution in [-0.2, 0) is 4.79 Å². The summed E-state index contributed by atoms with van der Waals surface area (Å²) >= 11 is 0. The molecule has 2 heteroatoms. The fraction of sp³-hybridized carbons (Fsp3) is 0.588. The van der Waals surface area contributed by atoms with Crippen molar-refractivity contribution in [1.29, 1.82) is 0 Å². The second-order valence-electron chi connectivity index (χ2n) is 6.03. The molecule has 0 radical (unpaired) electrons. The molecular formula is C17H25NO. The number of amides is 1. The molecule has 2 rings (SSSR count). The quantitative estimate of drug-likeness (QED) is 0.833. The van der Waals surface area contributed by atoms with Gasteiger partial charge in [-0.3, -0.25) is 4.79 Å². The van der Waals surface area contributed by atoms with Crippen LogP contribution in [0.4, 0.5) is 5.69 Å². The number of nitrogens with one attached hydrogen (secondary N) is 1. The third-order valence-corrected chi connectivity index (χ3v) is 4.06. The summed E-state index contributed by atoms with van der Waals surface area (Å²) in [6.45, 7) is 4.35. The number of hydrogen-bond acceptors (Lipinski definition) is 1. The molecule has 0 spiro atoms. The Balaban J connectivity index is 1.84. The molecule has 0 unspecified atom stereocenters. The zero-order valence-corrected chi connectivity index (χ0v) is 12.1. The third kappa shape index (κ3) is 4.38. The van der Waals surface area contributed by atoms with Crippen LogP contribution in [0.1, 0.15) is 63.9 Å². The molecule has 1 N–H and O–H groups in total. The highest BCUT2D eigenvalue weighted by Crippen LogP contribution is 2.26. The van der Waals surface area contributed by atoms with Crippen molar-refractivity contribution in [2.24, 2.45) is 5.92 Å². The fourth-order valence-corrected chi connectivity index (χ4v) is 2.82. The molecule has 2 nitrogen and oxygen atoms in total. The van der Waals surface area contributed by atoms with Crippen molar-refractivity contribution in [2.75, 3.05) is 5.32 Å². The Morgan fingerprint density at radius 3 is 2.37 bits per heavy atom. The van der Waals surface area contributed by atoms with E-state index in [-0.39, 0.29) is 5.91 Å². The molecule has 1 fully saturated rings. The summed E-state index contributed by atoms with van der Waals surface area (Å²) in [6, 6.07) is 8.21. The molecule has 1 saturated carbocycles. The molecule has 1 aliphatic carbocycles. The Bertz CT molecular complexity index is 402. The highest BCUT2D eigenvalue weighted by Gasteiger charge is 2.16. The first-order chi connectivity index (χ1) is 9.15. The third-order valence-electron chi connectivity index (χ3n) is 4.06. The predicted molar refractivity (Wildman–Crippen MR) is 80.4 cm³/mol. The number of hydrogen-bond donors (Lipinski definition) is 1. The summed E-state index contributed by atoms with van der Waals surface area (Å²) in [5.41, 5.74) is 2.23. The average Bonchev–Trinajstić information content (AvgIpc) is 2.40. The molecule has 0 aromatic heterocycles. The zero-order chi connectivity index (χ0) is 13.7. The monoisotopic (exact) mass is 259 g/mol. The van der Waals surface area contributed by atoms with E-state index < -0.39 is 0 Å². The van der Waals surface area contributed by atoms with Gasteiger partial charge in [0.1, 0.15) is 0 Å². The van der Waals surface area contributed by atoms with Gasteiger partial charge in [-0.1, -0.05) is 45.2 Å². The van der Waals surface area contributed by atoms with Crippen LogP contribution in [0.5, 0.6) is 0 Å².